The van der Waals surface area contributed by atoms with Gasteiger partial charge in [0.05, 0.1) is 18.2 Å². The first-order valence-electron chi connectivity index (χ1n) is 5.20. The van der Waals surface area contributed by atoms with Gasteiger partial charge >= 0.3 is 0 Å². The van der Waals surface area contributed by atoms with Gasteiger partial charge < -0.3 is 10.1 Å². The van der Waals surface area contributed by atoms with Crippen LogP contribution in [0.25, 0.3) is 0 Å². The molecule has 5 nitrogen and oxygen atoms in total. The van der Waals surface area contributed by atoms with E-state index in [0.717, 1.165) is 19.3 Å². The highest BCUT2D eigenvalue weighted by atomic mass is 35.5. The number of ether oxygens (including phenoxy) is 1. The van der Waals surface area contributed by atoms with Crippen molar-refractivity contribution in [1.29, 1.82) is 0 Å². The highest BCUT2D eigenvalue weighted by Gasteiger charge is 2.41. The lowest BCUT2D eigenvalue weighted by Crippen LogP contribution is -2.31. The minimum Gasteiger partial charge on any atom is -0.373 e. The summed E-state index contributed by atoms with van der Waals surface area (Å²) < 4.78 is 5.72. The molecule has 7 heteroatoms. The van der Waals surface area contributed by atoms with Gasteiger partial charge in [0.2, 0.25) is 16.5 Å². The second-order valence-corrected chi connectivity index (χ2v) is 4.73. The Kier molecular flexibility index (Phi) is 2.61. The first-order chi connectivity index (χ1) is 7.70. The lowest BCUT2D eigenvalue weighted by Gasteiger charge is -2.19. The van der Waals surface area contributed by atoms with E-state index in [0.29, 0.717) is 12.1 Å². The van der Waals surface area contributed by atoms with Gasteiger partial charge in [-0.2, -0.15) is 15.0 Å². The zero-order chi connectivity index (χ0) is 11.1. The van der Waals surface area contributed by atoms with Gasteiger partial charge in [0.1, 0.15) is 0 Å². The Balaban J connectivity index is 1.74. The summed E-state index contributed by atoms with van der Waals surface area (Å²) in [6, 6.07) is 0.258. The molecule has 86 valence electrons. The Morgan fingerprint density at radius 2 is 1.88 bits per heavy atom. The monoisotopic (exact) mass is 260 g/mol. The second-order valence-electron chi connectivity index (χ2n) is 4.06. The number of rotatable bonds is 2. The Labute approximate surface area is 103 Å². The van der Waals surface area contributed by atoms with E-state index >= 15 is 0 Å². The fourth-order valence-electron chi connectivity index (χ4n) is 2.35. The van der Waals surface area contributed by atoms with Crippen molar-refractivity contribution in [3.05, 3.63) is 10.6 Å². The van der Waals surface area contributed by atoms with Gasteiger partial charge in [-0.25, -0.2) is 0 Å². The molecule has 3 atom stereocenters. The summed E-state index contributed by atoms with van der Waals surface area (Å²) in [6.07, 6.45) is 3.89. The van der Waals surface area contributed by atoms with Gasteiger partial charge in [0.15, 0.2) is 0 Å². The van der Waals surface area contributed by atoms with Crippen LogP contribution in [0.1, 0.15) is 19.3 Å². The Morgan fingerprint density at radius 1 is 1.12 bits per heavy atom. The summed E-state index contributed by atoms with van der Waals surface area (Å²) in [5.41, 5.74) is 0. The third-order valence-electron chi connectivity index (χ3n) is 3.00. The summed E-state index contributed by atoms with van der Waals surface area (Å²) in [6.45, 7) is 0. The quantitative estimate of drug-likeness (QED) is 0.881. The third kappa shape index (κ3) is 1.95. The van der Waals surface area contributed by atoms with E-state index in [-0.39, 0.29) is 22.7 Å². The van der Waals surface area contributed by atoms with Crippen molar-refractivity contribution in [3.63, 3.8) is 0 Å². The van der Waals surface area contributed by atoms with Gasteiger partial charge in [-0.3, -0.25) is 0 Å². The van der Waals surface area contributed by atoms with Crippen molar-refractivity contribution in [2.75, 3.05) is 5.32 Å². The number of fused-ring (bicyclic) bond motifs is 2. The fraction of sp³-hybridized carbons (Fsp3) is 0.667. The minimum absolute atomic E-state index is 0.103. The van der Waals surface area contributed by atoms with Crippen molar-refractivity contribution < 1.29 is 4.74 Å². The van der Waals surface area contributed by atoms with Gasteiger partial charge in [0, 0.05) is 0 Å². The number of nitrogens with zero attached hydrogens (tertiary/aromatic N) is 3. The molecule has 1 aromatic heterocycles. The van der Waals surface area contributed by atoms with Crippen LogP contribution in [0.2, 0.25) is 10.6 Å². The highest BCUT2D eigenvalue weighted by Crippen LogP contribution is 2.35. The average molecular weight is 261 g/mol. The third-order valence-corrected chi connectivity index (χ3v) is 3.34. The van der Waals surface area contributed by atoms with Gasteiger partial charge in [-0.15, -0.1) is 0 Å². The van der Waals surface area contributed by atoms with Crippen molar-refractivity contribution in [2.45, 2.75) is 37.5 Å². The number of hydrogen-bond donors (Lipinski definition) is 1. The standard InChI is InChI=1S/C9H10Cl2N4O/c10-7-13-8(11)15-9(14-7)12-5-3-4-1-2-6(5)16-4/h4-6H,1-3H2,(H,12,13,14,15). The number of nitrogens with one attached hydrogen (secondary N) is 1. The predicted molar refractivity (Wildman–Crippen MR) is 59.8 cm³/mol. The van der Waals surface area contributed by atoms with Gasteiger partial charge in [-0.1, -0.05) is 0 Å². The van der Waals surface area contributed by atoms with Gasteiger partial charge in [-0.05, 0) is 42.5 Å². The fourth-order valence-corrected chi connectivity index (χ4v) is 2.71. The maximum absolute atomic E-state index is 5.72. The number of anilines is 1. The van der Waals surface area contributed by atoms with Crippen LogP contribution < -0.4 is 5.32 Å². The molecule has 1 aromatic rings. The van der Waals surface area contributed by atoms with E-state index in [9.17, 15) is 0 Å². The van der Waals surface area contributed by atoms with Gasteiger partial charge in [0.25, 0.3) is 0 Å². The van der Waals surface area contributed by atoms with Crippen molar-refractivity contribution in [2.24, 2.45) is 0 Å². The highest BCUT2D eigenvalue weighted by molar-refractivity contribution is 6.31. The molecular formula is C9H10Cl2N4O. The van der Waals surface area contributed by atoms with Crippen LogP contribution in [-0.2, 0) is 4.74 Å². The molecule has 0 radical (unpaired) electrons. The Bertz CT molecular complexity index is 396. The molecule has 3 heterocycles. The molecule has 3 rings (SSSR count). The number of aromatic nitrogens is 3. The van der Waals surface area contributed by atoms with E-state index < -0.39 is 0 Å². The lowest BCUT2D eigenvalue weighted by molar-refractivity contribution is 0.102. The van der Waals surface area contributed by atoms with Crippen molar-refractivity contribution in [1.82, 2.24) is 15.0 Å². The molecule has 16 heavy (non-hydrogen) atoms. The average Bonchev–Trinajstić information content (AvgIpc) is 2.77. The molecule has 2 fully saturated rings. The van der Waals surface area contributed by atoms with Crippen LogP contribution >= 0.6 is 23.2 Å². The number of hydrogen-bond acceptors (Lipinski definition) is 5. The SMILES string of the molecule is Clc1nc(Cl)nc(NC2CC3CCC2O3)n1. The van der Waals surface area contributed by atoms with E-state index in [2.05, 4.69) is 20.3 Å². The summed E-state index contributed by atoms with van der Waals surface area (Å²) in [5.74, 6) is 0.422. The van der Waals surface area contributed by atoms with Crippen LogP contribution in [0.4, 0.5) is 5.95 Å². The smallest absolute Gasteiger partial charge is 0.228 e. The second kappa shape index (κ2) is 3.98. The van der Waals surface area contributed by atoms with E-state index in [1.165, 1.54) is 0 Å². The van der Waals surface area contributed by atoms with Crippen LogP contribution in [0.3, 0.4) is 0 Å². The molecule has 0 saturated carbocycles. The molecule has 2 aliphatic heterocycles. The van der Waals surface area contributed by atoms with Crippen molar-refractivity contribution >= 4 is 29.2 Å². The van der Waals surface area contributed by atoms with Crippen LogP contribution in [-0.4, -0.2) is 33.2 Å². The normalized spacial score (nSPS) is 32.0. The summed E-state index contributed by atoms with van der Waals surface area (Å²) in [5, 5.41) is 3.40. The predicted octanol–water partition coefficient (Wildman–Crippen LogP) is 1.91. The van der Waals surface area contributed by atoms with E-state index in [1.807, 2.05) is 0 Å². The number of halogens is 2. The van der Waals surface area contributed by atoms with E-state index in [4.69, 9.17) is 27.9 Å². The molecule has 1 N–H and O–H groups in total. The molecule has 2 saturated heterocycles. The lowest BCUT2D eigenvalue weighted by atomic mass is 9.96. The maximum atomic E-state index is 5.72. The summed E-state index contributed by atoms with van der Waals surface area (Å²) in [7, 11) is 0. The topological polar surface area (TPSA) is 59.9 Å². The van der Waals surface area contributed by atoms with Crippen molar-refractivity contribution in [3.8, 4) is 0 Å². The van der Waals surface area contributed by atoms with E-state index in [1.54, 1.807) is 0 Å². The first kappa shape index (κ1) is 10.5. The molecular weight excluding hydrogens is 251 g/mol. The van der Waals surface area contributed by atoms with Crippen LogP contribution in [0, 0.1) is 0 Å². The summed E-state index contributed by atoms with van der Waals surface area (Å²) >= 11 is 11.4. The van der Waals surface area contributed by atoms with Crippen LogP contribution in [0.15, 0.2) is 0 Å². The largest absolute Gasteiger partial charge is 0.373 e. The minimum atomic E-state index is 0.103. The Hall–Kier alpha value is -0.650. The first-order valence-corrected chi connectivity index (χ1v) is 5.95. The molecule has 2 aliphatic rings. The maximum Gasteiger partial charge on any atom is 0.228 e. The molecule has 2 bridgehead atoms. The summed E-state index contributed by atoms with van der Waals surface area (Å²) in [4.78, 5) is 11.6. The molecule has 0 amide bonds. The molecule has 0 aromatic carbocycles. The Morgan fingerprint density at radius 3 is 2.44 bits per heavy atom. The zero-order valence-electron chi connectivity index (χ0n) is 8.36. The molecule has 0 aliphatic carbocycles. The molecule has 3 unspecified atom stereocenters. The zero-order valence-corrected chi connectivity index (χ0v) is 9.87. The molecule has 0 spiro atoms. The van der Waals surface area contributed by atoms with Crippen LogP contribution in [0.5, 0.6) is 0 Å².